The smallest absolute Gasteiger partial charge is 0.120 e. The molecule has 0 radical (unpaired) electrons. The number of nitrogens with zero attached hydrogens (tertiary/aromatic N) is 2. The number of aromatic nitrogens is 2. The van der Waals surface area contributed by atoms with E-state index in [0.29, 0.717) is 6.54 Å². The molecule has 2 aromatic rings. The Morgan fingerprint density at radius 2 is 2.40 bits per heavy atom. The van der Waals surface area contributed by atoms with Crippen molar-refractivity contribution in [3.8, 4) is 5.75 Å². The second-order valence-electron chi connectivity index (χ2n) is 2.98. The molecule has 2 rings (SSSR count). The zero-order valence-corrected chi connectivity index (χ0v) is 9.12. The van der Waals surface area contributed by atoms with E-state index in [1.54, 1.807) is 7.11 Å². The van der Waals surface area contributed by atoms with Crippen LogP contribution < -0.4 is 10.1 Å². The second kappa shape index (κ2) is 4.75. The molecule has 0 fully saturated rings. The predicted octanol–water partition coefficient (Wildman–Crippen LogP) is 2.16. The zero-order valence-electron chi connectivity index (χ0n) is 8.30. The first-order valence-corrected chi connectivity index (χ1v) is 5.36. The third-order valence-electron chi connectivity index (χ3n) is 1.95. The minimum Gasteiger partial charge on any atom is -0.497 e. The minimum absolute atomic E-state index is 0.684. The normalized spacial score (nSPS) is 9.93. The number of hydrogen-bond acceptors (Lipinski definition) is 5. The van der Waals surface area contributed by atoms with E-state index in [4.69, 9.17) is 4.74 Å². The van der Waals surface area contributed by atoms with Crippen LogP contribution in [0.15, 0.2) is 29.6 Å². The predicted molar refractivity (Wildman–Crippen MR) is 60.2 cm³/mol. The Kier molecular flexibility index (Phi) is 3.14. The van der Waals surface area contributed by atoms with Gasteiger partial charge in [0.15, 0.2) is 0 Å². The standard InChI is InChI=1S/C10H11N3OS/c1-14-10-4-2-3-8(5-10)11-6-9-7-15-13-12-9/h2-5,7,11H,6H2,1H3. The summed E-state index contributed by atoms with van der Waals surface area (Å²) in [5.41, 5.74) is 1.96. The molecule has 0 amide bonds. The summed E-state index contributed by atoms with van der Waals surface area (Å²) in [4.78, 5) is 0. The molecule has 78 valence electrons. The van der Waals surface area contributed by atoms with Crippen LogP contribution in [0.4, 0.5) is 5.69 Å². The maximum atomic E-state index is 5.13. The van der Waals surface area contributed by atoms with Crippen molar-refractivity contribution in [1.29, 1.82) is 0 Å². The lowest BCUT2D eigenvalue weighted by Crippen LogP contribution is -1.99. The summed E-state index contributed by atoms with van der Waals surface area (Å²) in [5, 5.41) is 9.12. The van der Waals surface area contributed by atoms with Gasteiger partial charge in [0.05, 0.1) is 19.3 Å². The van der Waals surface area contributed by atoms with E-state index in [2.05, 4.69) is 14.9 Å². The van der Waals surface area contributed by atoms with Gasteiger partial charge in [-0.15, -0.1) is 5.10 Å². The van der Waals surface area contributed by atoms with Crippen LogP contribution >= 0.6 is 11.5 Å². The number of hydrogen-bond donors (Lipinski definition) is 1. The molecule has 0 saturated carbocycles. The molecular weight excluding hydrogens is 210 g/mol. The summed E-state index contributed by atoms with van der Waals surface area (Å²) in [6, 6.07) is 7.79. The van der Waals surface area contributed by atoms with Crippen LogP contribution in [-0.2, 0) is 6.54 Å². The van der Waals surface area contributed by atoms with Crippen molar-refractivity contribution in [1.82, 2.24) is 9.59 Å². The second-order valence-corrected chi connectivity index (χ2v) is 3.59. The van der Waals surface area contributed by atoms with Gasteiger partial charge in [-0.05, 0) is 23.7 Å². The fourth-order valence-corrected chi connectivity index (χ4v) is 1.64. The number of benzene rings is 1. The summed E-state index contributed by atoms with van der Waals surface area (Å²) in [6.07, 6.45) is 0. The molecule has 4 nitrogen and oxygen atoms in total. The topological polar surface area (TPSA) is 47.0 Å². The lowest BCUT2D eigenvalue weighted by molar-refractivity contribution is 0.415. The molecule has 0 bridgehead atoms. The van der Waals surface area contributed by atoms with Crippen molar-refractivity contribution in [3.05, 3.63) is 35.3 Å². The van der Waals surface area contributed by atoms with Crippen molar-refractivity contribution in [2.45, 2.75) is 6.54 Å². The summed E-state index contributed by atoms with van der Waals surface area (Å²) < 4.78 is 8.92. The van der Waals surface area contributed by atoms with E-state index >= 15 is 0 Å². The van der Waals surface area contributed by atoms with Crippen molar-refractivity contribution in [2.75, 3.05) is 12.4 Å². The van der Waals surface area contributed by atoms with Crippen molar-refractivity contribution in [2.24, 2.45) is 0 Å². The largest absolute Gasteiger partial charge is 0.497 e. The highest BCUT2D eigenvalue weighted by molar-refractivity contribution is 7.03. The van der Waals surface area contributed by atoms with Gasteiger partial charge in [-0.3, -0.25) is 0 Å². The lowest BCUT2D eigenvalue weighted by atomic mass is 10.3. The summed E-state index contributed by atoms with van der Waals surface area (Å²) in [5.74, 6) is 0.844. The minimum atomic E-state index is 0.684. The molecule has 15 heavy (non-hydrogen) atoms. The average Bonchev–Trinajstić information content (AvgIpc) is 2.79. The highest BCUT2D eigenvalue weighted by Crippen LogP contribution is 2.17. The highest BCUT2D eigenvalue weighted by Gasteiger charge is 1.97. The third-order valence-corrected chi connectivity index (χ3v) is 2.50. The molecule has 0 saturated heterocycles. The highest BCUT2D eigenvalue weighted by atomic mass is 32.1. The first kappa shape index (κ1) is 9.92. The molecule has 0 spiro atoms. The molecule has 0 aliphatic rings. The van der Waals surface area contributed by atoms with Gasteiger partial charge in [-0.2, -0.15) is 0 Å². The van der Waals surface area contributed by atoms with Gasteiger partial charge >= 0.3 is 0 Å². The average molecular weight is 221 g/mol. The molecule has 0 unspecified atom stereocenters. The molecule has 0 atom stereocenters. The molecule has 0 aliphatic heterocycles. The Bertz CT molecular complexity index is 416. The Hall–Kier alpha value is -1.62. The monoisotopic (exact) mass is 221 g/mol. The number of rotatable bonds is 4. The van der Waals surface area contributed by atoms with Crippen LogP contribution in [0.5, 0.6) is 5.75 Å². The van der Waals surface area contributed by atoms with E-state index in [1.165, 1.54) is 11.5 Å². The Morgan fingerprint density at radius 1 is 1.47 bits per heavy atom. The Balaban J connectivity index is 1.98. The number of ether oxygens (including phenoxy) is 1. The van der Waals surface area contributed by atoms with E-state index in [9.17, 15) is 0 Å². The number of anilines is 1. The van der Waals surface area contributed by atoms with Crippen LogP contribution in [0.25, 0.3) is 0 Å². The van der Waals surface area contributed by atoms with Gasteiger partial charge in [0.2, 0.25) is 0 Å². The first-order valence-electron chi connectivity index (χ1n) is 4.52. The van der Waals surface area contributed by atoms with Gasteiger partial charge in [0, 0.05) is 17.1 Å². The van der Waals surface area contributed by atoms with Gasteiger partial charge in [0.1, 0.15) is 5.75 Å². The van der Waals surface area contributed by atoms with Crippen LogP contribution in [-0.4, -0.2) is 16.7 Å². The van der Waals surface area contributed by atoms with E-state index in [1.807, 2.05) is 29.6 Å². The van der Waals surface area contributed by atoms with E-state index in [-0.39, 0.29) is 0 Å². The SMILES string of the molecule is COc1cccc(NCc2csnn2)c1. The summed E-state index contributed by atoms with van der Waals surface area (Å²) in [7, 11) is 1.66. The third kappa shape index (κ3) is 2.66. The first-order chi connectivity index (χ1) is 7.38. The number of methoxy groups -OCH3 is 1. The Labute approximate surface area is 92.1 Å². The lowest BCUT2D eigenvalue weighted by Gasteiger charge is -2.05. The van der Waals surface area contributed by atoms with Crippen LogP contribution in [0.1, 0.15) is 5.69 Å². The fraction of sp³-hybridized carbons (Fsp3) is 0.200. The van der Waals surface area contributed by atoms with E-state index in [0.717, 1.165) is 17.1 Å². The number of nitrogens with one attached hydrogen (secondary N) is 1. The molecule has 5 heteroatoms. The van der Waals surface area contributed by atoms with Crippen LogP contribution in [0.3, 0.4) is 0 Å². The zero-order chi connectivity index (χ0) is 10.5. The van der Waals surface area contributed by atoms with Crippen molar-refractivity contribution >= 4 is 17.2 Å². The van der Waals surface area contributed by atoms with Crippen molar-refractivity contribution in [3.63, 3.8) is 0 Å². The molecule has 1 N–H and O–H groups in total. The van der Waals surface area contributed by atoms with Gasteiger partial charge in [0.25, 0.3) is 0 Å². The maximum Gasteiger partial charge on any atom is 0.120 e. The molecule has 1 heterocycles. The van der Waals surface area contributed by atoms with E-state index < -0.39 is 0 Å². The van der Waals surface area contributed by atoms with Gasteiger partial charge in [-0.1, -0.05) is 10.6 Å². The molecule has 1 aromatic heterocycles. The van der Waals surface area contributed by atoms with Gasteiger partial charge < -0.3 is 10.1 Å². The molecule has 1 aromatic carbocycles. The summed E-state index contributed by atoms with van der Waals surface area (Å²) in [6.45, 7) is 0.684. The quantitative estimate of drug-likeness (QED) is 0.859. The van der Waals surface area contributed by atoms with Gasteiger partial charge in [-0.25, -0.2) is 0 Å². The van der Waals surface area contributed by atoms with Crippen molar-refractivity contribution < 1.29 is 4.74 Å². The Morgan fingerprint density at radius 3 is 3.13 bits per heavy atom. The molecular formula is C10H11N3OS. The summed E-state index contributed by atoms with van der Waals surface area (Å²) >= 11 is 1.36. The van der Waals surface area contributed by atoms with Crippen LogP contribution in [0, 0.1) is 0 Å². The van der Waals surface area contributed by atoms with Crippen LogP contribution in [0.2, 0.25) is 0 Å². The molecule has 0 aliphatic carbocycles. The fourth-order valence-electron chi connectivity index (χ4n) is 1.19. The maximum absolute atomic E-state index is 5.13.